The summed E-state index contributed by atoms with van der Waals surface area (Å²) in [4.78, 5) is 44.4. The van der Waals surface area contributed by atoms with Gasteiger partial charge in [0.2, 0.25) is 36.0 Å². The number of aliphatic carboxylic acids is 1. The molecule has 2 amide bonds. The van der Waals surface area contributed by atoms with E-state index in [0.717, 1.165) is 77.0 Å². The van der Waals surface area contributed by atoms with Crippen molar-refractivity contribution in [3.05, 3.63) is 172 Å². The lowest BCUT2D eigenvalue weighted by Crippen LogP contribution is -3.17. The highest BCUT2D eigenvalue weighted by atomic mass is 35.5. The van der Waals surface area contributed by atoms with Crippen molar-refractivity contribution in [3.8, 4) is 0 Å². The second-order valence-corrected chi connectivity index (χ2v) is 41.1. The van der Waals surface area contributed by atoms with Crippen molar-refractivity contribution < 1.29 is 84.3 Å². The third kappa shape index (κ3) is 19.1. The van der Waals surface area contributed by atoms with E-state index in [1.165, 1.54) is 59.1 Å². The van der Waals surface area contributed by atoms with Crippen LogP contribution in [0.5, 0.6) is 0 Å². The summed E-state index contributed by atoms with van der Waals surface area (Å²) in [5.41, 5.74) is 9.06. The molecule has 0 aromatic heterocycles. The second kappa shape index (κ2) is 34.2. The van der Waals surface area contributed by atoms with Gasteiger partial charge in [0.15, 0.2) is 0 Å². The van der Waals surface area contributed by atoms with Crippen molar-refractivity contribution in [1.29, 1.82) is 0 Å². The standard InChI is InChI=1S/C31H40ClF2N3O3S.C19H27ClN2O4S.C16H23ClN2O2S.C15H19F2NO2.ClH/c1-19-13-26-23(15-27(19)32)20(2)37(41(6,39)40)18-31(26)9-11-35(12-10-31)29(38)25-17-36(30(3,4)5)16-24(25)22-8-7-21(33)14-28(22)34;1-5-26-18(23)21-8-6-19(7-9-21)12-22(27(4,24)25)14(3)15-11-17(20)13(2)10-16(15)19;1-11-8-14-13(9-15(11)17)12(2)19(22(3,20)21)10-16(14)4-6-18-7-5-16;1-15(2,3)18-7-11(12(8-18)14(19)20)10-5-4-9(16)6-13(10)17;/h7-8,13-15,20,24-25H,9-12,16-18H2,1-6H3;10-11,14H,5-9,12H2,1-4H3;8-9,12,18H,4-7,10H2,1-3H3;4-6,11-12H,7-8H2,1-3H3,(H,19,20);1H/t20-,24+,25?;14-;12-;11-,12+;/m1110./s1. The first-order valence-electron chi connectivity index (χ1n) is 38.0. The van der Waals surface area contributed by atoms with Gasteiger partial charge in [0.05, 0.1) is 61.8 Å². The quantitative estimate of drug-likeness (QED) is 0.123. The molecule has 30 heteroatoms. The molecule has 5 fully saturated rings. The van der Waals surface area contributed by atoms with Gasteiger partial charge in [-0.1, -0.05) is 65.1 Å². The topological polar surface area (TPSA) is 219 Å². The van der Waals surface area contributed by atoms with E-state index in [4.69, 9.17) is 39.5 Å². The zero-order valence-corrected chi connectivity index (χ0v) is 72.0. The summed E-state index contributed by atoms with van der Waals surface area (Å²) < 4.78 is 141. The monoisotopic (exact) mass is 1680 g/mol. The molecule has 13 rings (SSSR count). The third-order valence-corrected chi connectivity index (χ3v) is 30.1. The fourth-order valence-corrected chi connectivity index (χ4v) is 22.3. The molecule has 111 heavy (non-hydrogen) atoms. The van der Waals surface area contributed by atoms with E-state index in [9.17, 15) is 62.3 Å². The summed E-state index contributed by atoms with van der Waals surface area (Å²) in [6, 6.07) is 18.4. The first-order chi connectivity index (χ1) is 51.0. The van der Waals surface area contributed by atoms with Crippen LogP contribution >= 0.6 is 34.8 Å². The predicted octanol–water partition coefficient (Wildman–Crippen LogP) is 10.2. The Morgan fingerprint density at radius 3 is 1.25 bits per heavy atom. The molecule has 3 N–H and O–H groups in total. The molecular weight excluding hydrogens is 1570 g/mol. The molecule has 8 atom stereocenters. The lowest BCUT2D eigenvalue weighted by molar-refractivity contribution is -0.936. The molecule has 0 radical (unpaired) electrons. The Kier molecular flexibility index (Phi) is 27.6. The average Bonchev–Trinajstić information content (AvgIpc) is 1.71. The Morgan fingerprint density at radius 2 is 0.910 bits per heavy atom. The van der Waals surface area contributed by atoms with Crippen molar-refractivity contribution in [2.24, 2.45) is 11.8 Å². The highest BCUT2D eigenvalue weighted by molar-refractivity contribution is 7.88. The Bertz CT molecular complexity index is 4670. The molecule has 3 spiro atoms. The van der Waals surface area contributed by atoms with Crippen LogP contribution in [0.2, 0.25) is 15.1 Å². The van der Waals surface area contributed by atoms with Gasteiger partial charge in [-0.15, -0.1) is 0 Å². The van der Waals surface area contributed by atoms with E-state index in [2.05, 4.69) is 44.3 Å². The largest absolute Gasteiger partial charge is 1.00 e. The fraction of sp³-hybridized carbons (Fsp3) is 0.593. The van der Waals surface area contributed by atoms with Crippen LogP contribution in [-0.2, 0) is 60.6 Å². The number of halogens is 8. The molecule has 8 aliphatic rings. The highest BCUT2D eigenvalue weighted by Gasteiger charge is 2.54. The van der Waals surface area contributed by atoms with E-state index < -0.39 is 82.5 Å². The van der Waals surface area contributed by atoms with Crippen LogP contribution in [0, 0.1) is 55.9 Å². The van der Waals surface area contributed by atoms with Crippen LogP contribution in [0.4, 0.5) is 22.4 Å². The number of carboxylic acid groups (broad SMARTS) is 1. The SMILES string of the molecule is CC(C)(C)N1C[C@@H](C(=O)O)[C@H](c2ccc(F)cc2F)C1.CCOC(=O)N1CCC2(CC1)CN(S(C)(=O)=O)[C@H](C)c1cc(Cl)c(C)cc12.Cc1cc2c(cc1Cl)[C@@H](C)N(S(C)(=O)=O)CC21CCN(C(=O)C2C[NH+](C(C)(C)C)C[C@H]2c2ccc(F)cc2F)CC1.Cc1cc2c(cc1Cl)[C@@H](C)N(S(C)(=O)=O)CC21CCNCC1.[Cl-]. The molecule has 0 aliphatic carbocycles. The van der Waals surface area contributed by atoms with Crippen LogP contribution in [0.3, 0.4) is 0 Å². The van der Waals surface area contributed by atoms with Gasteiger partial charge in [0.1, 0.15) is 23.3 Å². The minimum atomic E-state index is -3.48. The van der Waals surface area contributed by atoms with Crippen molar-refractivity contribution in [2.75, 3.05) is 110 Å². The number of quaternary nitrogens is 1. The molecular formula is C81H110Cl4F4N8O11S3. The normalized spacial score (nSPS) is 24.7. The molecule has 19 nitrogen and oxygen atoms in total. The van der Waals surface area contributed by atoms with Gasteiger partial charge in [-0.3, -0.25) is 14.5 Å². The smallest absolute Gasteiger partial charge is 0.409 e. The molecule has 614 valence electrons. The summed E-state index contributed by atoms with van der Waals surface area (Å²) >= 11 is 19.2. The molecule has 8 aliphatic heterocycles. The van der Waals surface area contributed by atoms with Gasteiger partial charge in [-0.05, 0) is 233 Å². The molecule has 5 aromatic carbocycles. The number of carboxylic acids is 1. The number of carbonyl (C=O) groups excluding carboxylic acids is 2. The van der Waals surface area contributed by atoms with Gasteiger partial charge < -0.3 is 42.3 Å². The Morgan fingerprint density at radius 1 is 0.541 bits per heavy atom. The fourth-order valence-electron chi connectivity index (χ4n) is 18.3. The number of hydrogen-bond acceptors (Lipinski definition) is 12. The average molecular weight is 1690 g/mol. The zero-order valence-electron chi connectivity index (χ0n) is 66.6. The Balaban J connectivity index is 0.000000177. The summed E-state index contributed by atoms with van der Waals surface area (Å²) in [7, 11) is -10.1. The lowest BCUT2D eigenvalue weighted by atomic mass is 9.67. The number of nitrogens with one attached hydrogen (secondary N) is 2. The van der Waals surface area contributed by atoms with Crippen molar-refractivity contribution in [3.63, 3.8) is 0 Å². The second-order valence-electron chi connectivity index (χ2n) is 34.1. The number of amides is 2. The highest BCUT2D eigenvalue weighted by Crippen LogP contribution is 2.52. The van der Waals surface area contributed by atoms with Gasteiger partial charge in [0.25, 0.3) is 0 Å². The number of aryl methyl sites for hydroxylation is 3. The van der Waals surface area contributed by atoms with E-state index in [1.54, 1.807) is 24.7 Å². The number of ether oxygens (including phenoxy) is 1. The Hall–Kier alpha value is -5.20. The molecule has 5 saturated heterocycles. The summed E-state index contributed by atoms with van der Waals surface area (Å²) in [6.45, 7) is 33.4. The first kappa shape index (κ1) is 89.7. The van der Waals surface area contributed by atoms with E-state index in [0.29, 0.717) is 125 Å². The van der Waals surface area contributed by atoms with Gasteiger partial charge in [-0.25, -0.2) is 47.6 Å². The van der Waals surface area contributed by atoms with Crippen LogP contribution in [-0.4, -0.2) is 197 Å². The summed E-state index contributed by atoms with van der Waals surface area (Å²) in [5.74, 6) is -5.41. The van der Waals surface area contributed by atoms with Crippen molar-refractivity contribution >= 4 is 82.8 Å². The number of piperidine rings is 3. The number of nitrogens with zero attached hydrogens (tertiary/aromatic N) is 6. The van der Waals surface area contributed by atoms with Gasteiger partial charge in [-0.2, -0.15) is 12.9 Å². The number of rotatable bonds is 8. The molecule has 0 saturated carbocycles. The predicted molar refractivity (Wildman–Crippen MR) is 424 cm³/mol. The van der Waals surface area contributed by atoms with Crippen LogP contribution < -0.4 is 22.6 Å². The van der Waals surface area contributed by atoms with Crippen LogP contribution in [0.25, 0.3) is 0 Å². The van der Waals surface area contributed by atoms with E-state index in [-0.39, 0.29) is 75.9 Å². The van der Waals surface area contributed by atoms with Crippen molar-refractivity contribution in [2.45, 2.75) is 186 Å². The molecule has 0 bridgehead atoms. The summed E-state index contributed by atoms with van der Waals surface area (Å²) in [5, 5.41) is 14.7. The first-order valence-corrected chi connectivity index (χ1v) is 44.7. The molecule has 5 aromatic rings. The van der Waals surface area contributed by atoms with Crippen molar-refractivity contribution in [1.82, 2.24) is 32.9 Å². The van der Waals surface area contributed by atoms with Crippen LogP contribution in [0.15, 0.2) is 72.8 Å². The van der Waals surface area contributed by atoms with Gasteiger partial charge in [0, 0.05) is 132 Å². The summed E-state index contributed by atoms with van der Waals surface area (Å²) in [6.07, 6.45) is 8.04. The number of hydrogen-bond donors (Lipinski definition) is 3. The minimum Gasteiger partial charge on any atom is -1.00 e. The maximum Gasteiger partial charge on any atom is 0.409 e. The number of sulfonamides is 3. The number of carbonyl (C=O) groups is 3. The molecule has 8 heterocycles. The molecule has 2 unspecified atom stereocenters. The maximum absolute atomic E-state index is 15.0. The zero-order chi connectivity index (χ0) is 81.2. The van der Waals surface area contributed by atoms with E-state index in [1.807, 2.05) is 90.3 Å². The van der Waals surface area contributed by atoms with Crippen LogP contribution in [0.1, 0.15) is 199 Å². The number of likely N-dealkylation sites (tertiary alicyclic amines) is 4. The minimum absolute atomic E-state index is 0. The van der Waals surface area contributed by atoms with E-state index >= 15 is 0 Å². The lowest BCUT2D eigenvalue weighted by Gasteiger charge is -2.50. The van der Waals surface area contributed by atoms with Gasteiger partial charge >= 0.3 is 12.1 Å². The third-order valence-electron chi connectivity index (χ3n) is 25.0. The number of fused-ring (bicyclic) bond motifs is 6. The maximum atomic E-state index is 15.0. The Labute approximate surface area is 676 Å². The number of benzene rings is 5.